The van der Waals surface area contributed by atoms with Crippen LogP contribution in [0.5, 0.6) is 5.75 Å². The van der Waals surface area contributed by atoms with E-state index in [0.717, 1.165) is 0 Å². The number of nitrogens with one attached hydrogen (secondary N) is 2. The summed E-state index contributed by atoms with van der Waals surface area (Å²) in [5.74, 6) is -0.175. The van der Waals surface area contributed by atoms with Gasteiger partial charge in [-0.25, -0.2) is 4.52 Å². The fourth-order valence-corrected chi connectivity index (χ4v) is 3.01. The van der Waals surface area contributed by atoms with E-state index in [0.29, 0.717) is 34.1 Å². The van der Waals surface area contributed by atoms with Crippen LogP contribution in [0.3, 0.4) is 0 Å². The Bertz CT molecular complexity index is 1240. The monoisotopic (exact) mass is 427 g/mol. The van der Waals surface area contributed by atoms with E-state index in [2.05, 4.69) is 25.5 Å². The van der Waals surface area contributed by atoms with E-state index in [1.807, 2.05) is 0 Å². The molecule has 158 valence electrons. The van der Waals surface area contributed by atoms with Crippen molar-refractivity contribution < 1.29 is 22.7 Å². The molecule has 4 rings (SSSR count). The number of ether oxygens (including phenoxy) is 1. The summed E-state index contributed by atoms with van der Waals surface area (Å²) in [6, 6.07) is 16.1. The van der Waals surface area contributed by atoms with E-state index in [4.69, 9.17) is 0 Å². The zero-order valence-corrected chi connectivity index (χ0v) is 16.1. The van der Waals surface area contributed by atoms with Crippen LogP contribution in [0.15, 0.2) is 66.9 Å². The van der Waals surface area contributed by atoms with E-state index in [9.17, 15) is 18.0 Å². The molecule has 0 saturated carbocycles. The normalized spacial score (nSPS) is 11.4. The number of rotatable bonds is 5. The minimum absolute atomic E-state index is 0.167. The summed E-state index contributed by atoms with van der Waals surface area (Å²) in [7, 11) is 0. The van der Waals surface area contributed by atoms with Crippen LogP contribution in [-0.4, -0.2) is 26.9 Å². The first-order valence-electron chi connectivity index (χ1n) is 9.13. The first-order chi connectivity index (χ1) is 14.8. The van der Waals surface area contributed by atoms with Gasteiger partial charge in [-0.05, 0) is 54.1 Å². The van der Waals surface area contributed by atoms with Gasteiger partial charge in [-0.2, -0.15) is 4.98 Å². The van der Waals surface area contributed by atoms with Gasteiger partial charge >= 0.3 is 6.36 Å². The molecule has 2 aromatic carbocycles. The minimum Gasteiger partial charge on any atom is -0.406 e. The van der Waals surface area contributed by atoms with Gasteiger partial charge < -0.3 is 15.4 Å². The highest BCUT2D eigenvalue weighted by Gasteiger charge is 2.31. The van der Waals surface area contributed by atoms with Crippen LogP contribution in [0, 0.1) is 0 Å². The maximum atomic E-state index is 12.5. The minimum atomic E-state index is -4.77. The van der Waals surface area contributed by atoms with Gasteiger partial charge in [0.2, 0.25) is 11.9 Å². The van der Waals surface area contributed by atoms with Crippen LogP contribution in [0.4, 0.5) is 30.5 Å². The quantitative estimate of drug-likeness (QED) is 0.469. The maximum absolute atomic E-state index is 12.5. The molecule has 0 spiro atoms. The molecule has 0 unspecified atom stereocenters. The number of hydrogen-bond donors (Lipinski definition) is 2. The summed E-state index contributed by atoms with van der Waals surface area (Å²) in [4.78, 5) is 15.6. The van der Waals surface area contributed by atoms with Gasteiger partial charge in [-0.15, -0.1) is 18.3 Å². The van der Waals surface area contributed by atoms with Gasteiger partial charge in [0.25, 0.3) is 0 Å². The fraction of sp³-hybridized carbons (Fsp3) is 0.0952. The van der Waals surface area contributed by atoms with Crippen molar-refractivity contribution in [2.75, 3.05) is 10.6 Å². The van der Waals surface area contributed by atoms with Crippen molar-refractivity contribution in [1.29, 1.82) is 0 Å². The molecule has 0 aliphatic heterocycles. The number of aromatic nitrogens is 3. The van der Waals surface area contributed by atoms with Crippen LogP contribution in [0.1, 0.15) is 6.92 Å². The van der Waals surface area contributed by atoms with E-state index in [-0.39, 0.29) is 11.7 Å². The molecule has 7 nitrogen and oxygen atoms in total. The molecule has 2 heterocycles. The van der Waals surface area contributed by atoms with Crippen LogP contribution in [-0.2, 0) is 4.79 Å². The molecule has 0 atom stereocenters. The third-order valence-electron chi connectivity index (χ3n) is 4.20. The standard InChI is InChI=1S/C21H16F3N5O2/c1-13(30)25-15-7-9-16(10-8-15)26-20-27-19-18(6-3-11-29(19)28-20)14-4-2-5-17(12-14)31-21(22,23)24/h2-12H,1H3,(H,25,30)(H,26,28). The second kappa shape index (κ2) is 7.98. The van der Waals surface area contributed by atoms with Gasteiger partial charge in [-0.1, -0.05) is 12.1 Å². The number of amides is 1. The van der Waals surface area contributed by atoms with E-state index in [1.165, 1.54) is 29.6 Å². The number of nitrogens with zero attached hydrogens (tertiary/aromatic N) is 3. The van der Waals surface area contributed by atoms with Gasteiger partial charge in [0.15, 0.2) is 5.65 Å². The van der Waals surface area contributed by atoms with Crippen LogP contribution >= 0.6 is 0 Å². The third kappa shape index (κ3) is 4.92. The van der Waals surface area contributed by atoms with Gasteiger partial charge in [0.1, 0.15) is 5.75 Å². The van der Waals surface area contributed by atoms with Crippen molar-refractivity contribution >= 4 is 28.9 Å². The average Bonchev–Trinajstić information content (AvgIpc) is 3.10. The molecular formula is C21H16F3N5O2. The highest BCUT2D eigenvalue weighted by molar-refractivity contribution is 5.88. The summed E-state index contributed by atoms with van der Waals surface area (Å²) in [6.07, 6.45) is -3.08. The Hall–Kier alpha value is -4.08. The molecule has 10 heteroatoms. The molecule has 0 saturated heterocycles. The fourth-order valence-electron chi connectivity index (χ4n) is 3.01. The lowest BCUT2D eigenvalue weighted by molar-refractivity contribution is -0.274. The number of pyridine rings is 1. The third-order valence-corrected chi connectivity index (χ3v) is 4.20. The smallest absolute Gasteiger partial charge is 0.406 e. The molecule has 2 aromatic heterocycles. The van der Waals surface area contributed by atoms with E-state index < -0.39 is 6.36 Å². The zero-order valence-electron chi connectivity index (χ0n) is 16.1. The van der Waals surface area contributed by atoms with Crippen molar-refractivity contribution in [3.63, 3.8) is 0 Å². The first kappa shape index (κ1) is 20.2. The largest absolute Gasteiger partial charge is 0.573 e. The number of hydrogen-bond acceptors (Lipinski definition) is 5. The molecule has 0 fully saturated rings. The Morgan fingerprint density at radius 3 is 2.48 bits per heavy atom. The number of fused-ring (bicyclic) bond motifs is 1. The lowest BCUT2D eigenvalue weighted by atomic mass is 10.1. The second-order valence-corrected chi connectivity index (χ2v) is 6.58. The molecular weight excluding hydrogens is 411 g/mol. The van der Waals surface area contributed by atoms with Crippen LogP contribution in [0.2, 0.25) is 0 Å². The molecule has 2 N–H and O–H groups in total. The molecule has 0 aliphatic carbocycles. The average molecular weight is 427 g/mol. The van der Waals surface area contributed by atoms with E-state index >= 15 is 0 Å². The first-order valence-corrected chi connectivity index (χ1v) is 9.13. The lowest BCUT2D eigenvalue weighted by Crippen LogP contribution is -2.17. The van der Waals surface area contributed by atoms with Crippen molar-refractivity contribution in [2.45, 2.75) is 13.3 Å². The van der Waals surface area contributed by atoms with Crippen LogP contribution in [0.25, 0.3) is 16.8 Å². The molecule has 0 radical (unpaired) electrons. The molecule has 1 amide bonds. The predicted octanol–water partition coefficient (Wildman–Crippen LogP) is 5.00. The number of carbonyl (C=O) groups is 1. The highest BCUT2D eigenvalue weighted by atomic mass is 19.4. The van der Waals surface area contributed by atoms with Crippen molar-refractivity contribution in [3.05, 3.63) is 66.9 Å². The highest BCUT2D eigenvalue weighted by Crippen LogP contribution is 2.30. The van der Waals surface area contributed by atoms with Crippen molar-refractivity contribution in [3.8, 4) is 16.9 Å². The molecule has 4 aromatic rings. The Labute approximate surface area is 174 Å². The summed E-state index contributed by atoms with van der Waals surface area (Å²) in [5.41, 5.74) is 2.92. The summed E-state index contributed by atoms with van der Waals surface area (Å²) >= 11 is 0. The number of alkyl halides is 3. The topological polar surface area (TPSA) is 80.5 Å². The Balaban J connectivity index is 1.62. The lowest BCUT2D eigenvalue weighted by Gasteiger charge is -2.10. The predicted molar refractivity (Wildman–Crippen MR) is 109 cm³/mol. The zero-order chi connectivity index (χ0) is 22.0. The van der Waals surface area contributed by atoms with Crippen LogP contribution < -0.4 is 15.4 Å². The molecule has 31 heavy (non-hydrogen) atoms. The summed E-state index contributed by atoms with van der Waals surface area (Å²) in [5, 5.41) is 10.1. The number of halogens is 3. The number of carbonyl (C=O) groups excluding carboxylic acids is 1. The molecule has 0 bridgehead atoms. The van der Waals surface area contributed by atoms with E-state index in [1.54, 1.807) is 48.7 Å². The Morgan fingerprint density at radius 1 is 1.03 bits per heavy atom. The Morgan fingerprint density at radius 2 is 1.77 bits per heavy atom. The summed E-state index contributed by atoms with van der Waals surface area (Å²) in [6.45, 7) is 1.43. The van der Waals surface area contributed by atoms with Gasteiger partial charge in [0, 0.05) is 30.1 Å². The maximum Gasteiger partial charge on any atom is 0.573 e. The SMILES string of the molecule is CC(=O)Nc1ccc(Nc2nc3c(-c4cccc(OC(F)(F)F)c4)cccn3n2)cc1. The van der Waals surface area contributed by atoms with Gasteiger partial charge in [0.05, 0.1) is 0 Å². The Kier molecular flexibility index (Phi) is 5.20. The molecule has 0 aliphatic rings. The van der Waals surface area contributed by atoms with Crippen molar-refractivity contribution in [1.82, 2.24) is 14.6 Å². The number of anilines is 3. The van der Waals surface area contributed by atoms with Gasteiger partial charge in [-0.3, -0.25) is 4.79 Å². The summed E-state index contributed by atoms with van der Waals surface area (Å²) < 4.78 is 43.2. The van der Waals surface area contributed by atoms with Crippen molar-refractivity contribution in [2.24, 2.45) is 0 Å². The second-order valence-electron chi connectivity index (χ2n) is 6.58. The number of benzene rings is 2.